The highest BCUT2D eigenvalue weighted by molar-refractivity contribution is 7.15. The zero-order valence-corrected chi connectivity index (χ0v) is 17.7. The first-order chi connectivity index (χ1) is 14.9. The molecule has 0 aliphatic carbocycles. The lowest BCUT2D eigenvalue weighted by molar-refractivity contribution is -0.385. The maximum Gasteiger partial charge on any atom is 0.307 e. The largest absolute Gasteiger partial charge is 0.313 e. The number of nitro groups is 1. The summed E-state index contributed by atoms with van der Waals surface area (Å²) in [5.74, 6) is 0.119. The smallest absolute Gasteiger partial charge is 0.307 e. The molecule has 0 amide bonds. The Balaban J connectivity index is 1.47. The Hall–Kier alpha value is -3.38. The molecule has 1 aromatic carbocycles. The minimum atomic E-state index is -0.492. The van der Waals surface area contributed by atoms with Crippen LogP contribution in [-0.4, -0.2) is 34.7 Å². The number of hydrogen-bond acceptors (Lipinski definition) is 8. The quantitative estimate of drug-likeness (QED) is 0.304. The van der Waals surface area contributed by atoms with Gasteiger partial charge in [-0.2, -0.15) is 10.2 Å². The molecule has 0 saturated heterocycles. The van der Waals surface area contributed by atoms with E-state index in [9.17, 15) is 14.5 Å². The zero-order chi connectivity index (χ0) is 22.0. The highest BCUT2D eigenvalue weighted by Crippen LogP contribution is 2.29. The van der Waals surface area contributed by atoms with E-state index in [0.717, 1.165) is 0 Å². The highest BCUT2D eigenvalue weighted by atomic mass is 35.5. The summed E-state index contributed by atoms with van der Waals surface area (Å²) in [5.41, 5.74) is 0.276. The molecule has 0 aliphatic heterocycles. The third-order valence-electron chi connectivity index (χ3n) is 4.49. The summed E-state index contributed by atoms with van der Waals surface area (Å²) >= 11 is 7.37. The Morgan fingerprint density at radius 2 is 2.19 bits per heavy atom. The molecule has 4 aromatic rings. The monoisotopic (exact) mass is 462 g/mol. The maximum absolute atomic E-state index is 14.0. The number of nitrogens with zero attached hydrogens (tertiary/aromatic N) is 7. The third kappa shape index (κ3) is 4.54. The van der Waals surface area contributed by atoms with E-state index in [4.69, 9.17) is 11.6 Å². The fourth-order valence-corrected chi connectivity index (χ4v) is 4.11. The van der Waals surface area contributed by atoms with Crippen molar-refractivity contribution in [2.24, 2.45) is 0 Å². The van der Waals surface area contributed by atoms with Gasteiger partial charge >= 0.3 is 5.69 Å². The molecule has 0 fully saturated rings. The molecule has 13 heteroatoms. The van der Waals surface area contributed by atoms with Gasteiger partial charge in [-0.15, -0.1) is 10.2 Å². The molecule has 0 aliphatic rings. The molecular weight excluding hydrogens is 447 g/mol. The van der Waals surface area contributed by atoms with E-state index in [1.807, 2.05) is 6.92 Å². The van der Waals surface area contributed by atoms with Gasteiger partial charge in [0.15, 0.2) is 5.82 Å². The van der Waals surface area contributed by atoms with Gasteiger partial charge in [0.25, 0.3) is 0 Å². The van der Waals surface area contributed by atoms with Gasteiger partial charge in [-0.1, -0.05) is 35.9 Å². The highest BCUT2D eigenvalue weighted by Gasteiger charge is 2.21. The predicted octanol–water partition coefficient (Wildman–Crippen LogP) is 4.42. The molecule has 1 atom stereocenters. The first-order valence-corrected chi connectivity index (χ1v) is 10.4. The van der Waals surface area contributed by atoms with Crippen LogP contribution in [0.2, 0.25) is 5.02 Å². The van der Waals surface area contributed by atoms with Crippen molar-refractivity contribution < 1.29 is 9.31 Å². The van der Waals surface area contributed by atoms with Crippen molar-refractivity contribution in [3.05, 3.63) is 74.4 Å². The van der Waals surface area contributed by atoms with E-state index in [2.05, 4.69) is 25.7 Å². The number of anilines is 2. The molecule has 0 spiro atoms. The average molecular weight is 463 g/mol. The Labute approximate surface area is 184 Å². The van der Waals surface area contributed by atoms with Gasteiger partial charge in [0.2, 0.25) is 5.13 Å². The molecule has 3 aromatic heterocycles. The summed E-state index contributed by atoms with van der Waals surface area (Å²) in [7, 11) is 0. The van der Waals surface area contributed by atoms with Gasteiger partial charge in [-0.25, -0.2) is 4.39 Å². The molecule has 160 valence electrons. The van der Waals surface area contributed by atoms with Crippen LogP contribution in [0.25, 0.3) is 0 Å². The van der Waals surface area contributed by atoms with Crippen molar-refractivity contribution in [3.8, 4) is 0 Å². The standard InChI is InChI=1S/C18H16ClFN8O2S/c1-2-15(27-9-11(8-21-27)28(29)30)17-23-24-18(31-17)22-16-6-7-26(25-16)10-12-13(19)4-3-5-14(12)20/h3-9,15H,2,10H2,1H3,(H,22,24,25). The van der Waals surface area contributed by atoms with Crippen LogP contribution in [0.1, 0.15) is 30.0 Å². The number of rotatable bonds is 8. The molecule has 0 saturated carbocycles. The minimum Gasteiger partial charge on any atom is -0.313 e. The lowest BCUT2D eigenvalue weighted by Crippen LogP contribution is -2.09. The van der Waals surface area contributed by atoms with E-state index in [-0.39, 0.29) is 18.3 Å². The summed E-state index contributed by atoms with van der Waals surface area (Å²) in [6, 6.07) is 5.98. The number of nitrogens with one attached hydrogen (secondary N) is 1. The fourth-order valence-electron chi connectivity index (χ4n) is 2.96. The van der Waals surface area contributed by atoms with Gasteiger partial charge in [0, 0.05) is 22.8 Å². The second-order valence-electron chi connectivity index (χ2n) is 6.53. The molecule has 31 heavy (non-hydrogen) atoms. The van der Waals surface area contributed by atoms with Crippen LogP contribution in [0.15, 0.2) is 42.9 Å². The summed E-state index contributed by atoms with van der Waals surface area (Å²) in [5, 5.41) is 32.2. The summed E-state index contributed by atoms with van der Waals surface area (Å²) in [4.78, 5) is 10.4. The van der Waals surface area contributed by atoms with Gasteiger partial charge in [0.1, 0.15) is 29.3 Å². The lowest BCUT2D eigenvalue weighted by Gasteiger charge is -2.10. The molecule has 10 nitrogen and oxygen atoms in total. The summed E-state index contributed by atoms with van der Waals surface area (Å²) < 4.78 is 17.1. The summed E-state index contributed by atoms with van der Waals surface area (Å²) in [6.07, 6.45) is 4.91. The Bertz CT molecular complexity index is 1200. The average Bonchev–Trinajstić information content (AvgIpc) is 3.48. The van der Waals surface area contributed by atoms with Crippen LogP contribution in [-0.2, 0) is 6.54 Å². The minimum absolute atomic E-state index is 0.0817. The van der Waals surface area contributed by atoms with E-state index in [1.165, 1.54) is 34.5 Å². The lowest BCUT2D eigenvalue weighted by atomic mass is 10.2. The Morgan fingerprint density at radius 1 is 1.35 bits per heavy atom. The fraction of sp³-hybridized carbons (Fsp3) is 0.222. The first kappa shape index (κ1) is 20.9. The predicted molar refractivity (Wildman–Crippen MR) is 113 cm³/mol. The van der Waals surface area contributed by atoms with Crippen LogP contribution in [0.5, 0.6) is 0 Å². The van der Waals surface area contributed by atoms with Crippen LogP contribution in [0, 0.1) is 15.9 Å². The van der Waals surface area contributed by atoms with Crippen molar-refractivity contribution in [3.63, 3.8) is 0 Å². The zero-order valence-electron chi connectivity index (χ0n) is 16.1. The van der Waals surface area contributed by atoms with E-state index in [0.29, 0.717) is 33.0 Å². The Kier molecular flexibility index (Phi) is 5.91. The van der Waals surface area contributed by atoms with E-state index < -0.39 is 10.7 Å². The van der Waals surface area contributed by atoms with Crippen molar-refractivity contribution in [2.45, 2.75) is 25.9 Å². The number of benzene rings is 1. The van der Waals surface area contributed by atoms with Crippen molar-refractivity contribution in [1.29, 1.82) is 0 Å². The van der Waals surface area contributed by atoms with E-state index in [1.54, 1.807) is 29.1 Å². The van der Waals surface area contributed by atoms with Gasteiger partial charge < -0.3 is 5.32 Å². The van der Waals surface area contributed by atoms with Crippen LogP contribution >= 0.6 is 22.9 Å². The third-order valence-corrected chi connectivity index (χ3v) is 5.78. The second-order valence-corrected chi connectivity index (χ2v) is 7.95. The van der Waals surface area contributed by atoms with Crippen LogP contribution < -0.4 is 5.32 Å². The van der Waals surface area contributed by atoms with E-state index >= 15 is 0 Å². The molecule has 1 unspecified atom stereocenters. The SMILES string of the molecule is CCC(c1nnc(Nc2ccn(Cc3c(F)cccc3Cl)n2)s1)n1cc([N+](=O)[O-])cn1. The topological polar surface area (TPSA) is 117 Å². The molecular formula is C18H16ClFN8O2S. The van der Waals surface area contributed by atoms with Gasteiger partial charge in [-0.05, 0) is 18.6 Å². The first-order valence-electron chi connectivity index (χ1n) is 9.20. The normalized spacial score (nSPS) is 12.1. The molecule has 0 bridgehead atoms. The number of halogens is 2. The second kappa shape index (κ2) is 8.78. The van der Waals surface area contributed by atoms with Crippen molar-refractivity contribution in [2.75, 3.05) is 5.32 Å². The van der Waals surface area contributed by atoms with Gasteiger partial charge in [0.05, 0.1) is 11.5 Å². The molecule has 1 N–H and O–H groups in total. The molecule has 3 heterocycles. The molecule has 4 rings (SSSR count). The van der Waals surface area contributed by atoms with Crippen LogP contribution in [0.4, 0.5) is 21.0 Å². The van der Waals surface area contributed by atoms with Crippen molar-refractivity contribution >= 4 is 39.6 Å². The van der Waals surface area contributed by atoms with Crippen molar-refractivity contribution in [1.82, 2.24) is 29.8 Å². The van der Waals surface area contributed by atoms with Crippen LogP contribution in [0.3, 0.4) is 0 Å². The van der Waals surface area contributed by atoms with Gasteiger partial charge in [-0.3, -0.25) is 19.5 Å². The number of hydrogen-bond donors (Lipinski definition) is 1. The number of aromatic nitrogens is 6. The summed E-state index contributed by atoms with van der Waals surface area (Å²) in [6.45, 7) is 2.12. The Morgan fingerprint density at radius 3 is 2.90 bits per heavy atom. The molecule has 0 radical (unpaired) electrons. The maximum atomic E-state index is 14.0.